The zero-order valence-corrected chi connectivity index (χ0v) is 64.6. The van der Waals surface area contributed by atoms with Gasteiger partial charge in [-0.2, -0.15) is 0 Å². The van der Waals surface area contributed by atoms with E-state index in [9.17, 15) is 10.2 Å². The molecule has 0 bridgehead atoms. The molecule has 10 heteroatoms. The Hall–Kier alpha value is -11.3. The van der Waals surface area contributed by atoms with Crippen molar-refractivity contribution < 1.29 is 38.9 Å². The molecule has 0 fully saturated rings. The number of hydrogen-bond donors (Lipinski definition) is 2. The van der Waals surface area contributed by atoms with Crippen molar-refractivity contribution in [2.45, 2.75) is 146 Å². The predicted octanol–water partition coefficient (Wildman–Crippen LogP) is 23.6. The maximum absolute atomic E-state index is 15.3. The molecule has 2 heterocycles. The summed E-state index contributed by atoms with van der Waals surface area (Å²) in [6, 6.07) is 52.1. The number of carbonyl (C=O) groups is 4. The Labute approximate surface area is 640 Å². The maximum Gasteiger partial charge on any atom is 0.266 e. The lowest BCUT2D eigenvalue weighted by molar-refractivity contribution is -0.0519. The van der Waals surface area contributed by atoms with E-state index in [1.807, 2.05) is 76.2 Å². The van der Waals surface area contributed by atoms with Gasteiger partial charge in [0, 0.05) is 56.7 Å². The predicted molar refractivity (Wildman–Crippen MR) is 448 cm³/mol. The molecule has 2 N–H and O–H groups in total. The first-order valence-electron chi connectivity index (χ1n) is 39.5. The lowest BCUT2D eigenvalue weighted by Crippen LogP contribution is -2.42. The van der Waals surface area contributed by atoms with Gasteiger partial charge in [-0.15, -0.1) is 0 Å². The molecule has 10 nitrogen and oxygen atoms in total. The van der Waals surface area contributed by atoms with E-state index in [0.717, 1.165) is 83.9 Å². The van der Waals surface area contributed by atoms with Crippen LogP contribution in [0.1, 0.15) is 215 Å². The van der Waals surface area contributed by atoms with Gasteiger partial charge in [-0.1, -0.05) is 180 Å². The Morgan fingerprint density at radius 2 is 0.591 bits per heavy atom. The van der Waals surface area contributed by atoms with Crippen LogP contribution in [0.5, 0.6) is 11.5 Å². The van der Waals surface area contributed by atoms with Crippen LogP contribution in [0.15, 0.2) is 170 Å². The van der Waals surface area contributed by atoms with Gasteiger partial charge in [0.05, 0.1) is 11.4 Å². The number of ether oxygens (including phenoxy) is 2. The van der Waals surface area contributed by atoms with Gasteiger partial charge < -0.3 is 19.7 Å². The summed E-state index contributed by atoms with van der Waals surface area (Å²) in [6.07, 6.45) is 9.06. The molecule has 7 aliphatic rings. The summed E-state index contributed by atoms with van der Waals surface area (Å²) in [7, 11) is 0. The summed E-state index contributed by atoms with van der Waals surface area (Å²) >= 11 is 0. The van der Waals surface area contributed by atoms with E-state index in [4.69, 9.17) is 9.47 Å². The molecule has 4 unspecified atom stereocenters. The maximum atomic E-state index is 15.3. The third-order valence-electron chi connectivity index (χ3n) is 25.6. The summed E-state index contributed by atoms with van der Waals surface area (Å²) in [6.45, 7) is 28.6. The average Bonchev–Trinajstić information content (AvgIpc) is 1.22. The highest BCUT2D eigenvalue weighted by Gasteiger charge is 2.49. The largest absolute Gasteiger partial charge is 0.465 e. The van der Waals surface area contributed by atoms with Crippen molar-refractivity contribution in [2.75, 3.05) is 9.80 Å². The van der Waals surface area contributed by atoms with Crippen molar-refractivity contribution in [1.82, 2.24) is 0 Å². The van der Waals surface area contributed by atoms with Crippen LogP contribution in [0.4, 0.5) is 11.4 Å². The van der Waals surface area contributed by atoms with Crippen LogP contribution in [0.25, 0.3) is 120 Å². The smallest absolute Gasteiger partial charge is 0.266 e. The summed E-state index contributed by atoms with van der Waals surface area (Å²) < 4.78 is 12.1. The monoisotopic (exact) mass is 1440 g/mol. The molecular weight excluding hydrogens is 1360 g/mol. The molecule has 13 aromatic carbocycles. The number of nitrogens with zero attached hydrogens (tertiary/aromatic N) is 2. The van der Waals surface area contributed by atoms with Gasteiger partial charge in [-0.25, -0.2) is 9.80 Å². The minimum Gasteiger partial charge on any atom is -0.465 e. The molecule has 0 spiro atoms. The van der Waals surface area contributed by atoms with E-state index in [1.54, 1.807) is 0 Å². The first-order chi connectivity index (χ1) is 52.8. The van der Waals surface area contributed by atoms with Crippen LogP contribution in [0.2, 0.25) is 0 Å². The van der Waals surface area contributed by atoms with Gasteiger partial charge in [-0.05, 0) is 299 Å². The Morgan fingerprint density at radius 1 is 0.318 bits per heavy atom. The first kappa shape index (κ1) is 68.0. The topological polar surface area (TPSA) is 134 Å². The van der Waals surface area contributed by atoms with Crippen LogP contribution >= 0.6 is 0 Å². The number of benzene rings is 13. The third kappa shape index (κ3) is 9.48. The number of fused-ring (bicyclic) bond motifs is 12. The van der Waals surface area contributed by atoms with E-state index in [-0.39, 0.29) is 71.0 Å². The lowest BCUT2D eigenvalue weighted by Gasteiger charge is -2.41. The van der Waals surface area contributed by atoms with Crippen molar-refractivity contribution in [3.05, 3.63) is 259 Å². The lowest BCUT2D eigenvalue weighted by atomic mass is 9.62. The number of anilines is 2. The first-order valence-corrected chi connectivity index (χ1v) is 39.5. The molecule has 110 heavy (non-hydrogen) atoms. The van der Waals surface area contributed by atoms with E-state index in [2.05, 4.69) is 191 Å². The molecule has 0 radical (unpaired) electrons. The molecule has 0 aromatic heterocycles. The Kier molecular flexibility index (Phi) is 14.9. The fourth-order valence-electron chi connectivity index (χ4n) is 20.0. The van der Waals surface area contributed by atoms with E-state index < -0.39 is 12.6 Å². The molecule has 0 saturated carbocycles. The summed E-state index contributed by atoms with van der Waals surface area (Å²) in [5, 5.41) is 36.4. The number of hydrogen-bond acceptors (Lipinski definition) is 8. The molecular formula is C100H86N2O8. The third-order valence-corrected chi connectivity index (χ3v) is 25.6. The fourth-order valence-corrected chi connectivity index (χ4v) is 20.0. The van der Waals surface area contributed by atoms with Gasteiger partial charge in [-0.3, -0.25) is 19.2 Å². The van der Waals surface area contributed by atoms with Crippen molar-refractivity contribution >= 4 is 133 Å². The molecule has 5 aliphatic carbocycles. The molecule has 2 aliphatic heterocycles. The van der Waals surface area contributed by atoms with E-state index in [1.165, 1.54) is 120 Å². The van der Waals surface area contributed by atoms with Gasteiger partial charge >= 0.3 is 0 Å². The van der Waals surface area contributed by atoms with Gasteiger partial charge in [0.2, 0.25) is 0 Å². The van der Waals surface area contributed by atoms with Crippen LogP contribution in [0, 0.1) is 37.5 Å². The number of rotatable bonds is 15. The van der Waals surface area contributed by atoms with E-state index in [0.29, 0.717) is 50.5 Å². The fraction of sp³-hybridized carbons (Fsp3) is 0.260. The zero-order chi connectivity index (χ0) is 76.1. The normalized spacial score (nSPS) is 17.1. The second-order valence-corrected chi connectivity index (χ2v) is 34.1. The number of carbonyl (C=O) groups excluding carboxylic acids is 4. The standard InChI is InChI=1S/C100H86N2O8/c1-45(2)77-41-59(109-99(107)49(9)10)42-78(46(3)4)93(77)101-95(103)73-29-25-65-61-17-21-69-81-37-55-33-51(13)53(35-57(55)39-83(81)71-23-19-63(85(61)89(69)71)67-27-31-75(97(101)105)91(73)87(65)67)15-16-54-36-58-40-84-72-24-20-64-68-28-32-76-92-74(30-26-66(88(68)92)62-18-22-70(90(72)86(62)64)82(84)38-56(58)34-52(54)14)96(104)102(98(76)106)94-79(47(5)6)43-60(44-80(94)48(7)8)110-100(108)50(11)12/h17-50,85,89,99-100,107-108H,15-16H2,1-14H3. The number of aliphatic hydroxyl groups is 2. The van der Waals surface area contributed by atoms with Gasteiger partial charge in [0.1, 0.15) is 11.5 Å². The number of amides is 4. The SMILES string of the molecule is Cc1cc2cc3c(cc2cc1CCc1cc2cc4c(cc2cc1C)-c1ccc2c5ccc6c7c(ccc(c8ccc-4c1c28)c75)C(=O)N(c1c(C(C)C)cc(OC(O)C(C)C)cc1C(C)C)C6=O)C1=CC=C2c4ccc5c6c(ccc(c46)C4=CC=C3C1C42)C(=O)N(c1c(C(C)C)cc(OC(O)C(C)C)cc1C(C)C)C5=O. The van der Waals surface area contributed by atoms with Crippen LogP contribution in [-0.2, 0) is 12.8 Å². The summed E-state index contributed by atoms with van der Waals surface area (Å²) in [4.78, 5) is 63.9. The van der Waals surface area contributed by atoms with Crippen molar-refractivity contribution in [2.24, 2.45) is 23.7 Å². The number of aliphatic hydroxyl groups excluding tert-OH is 2. The summed E-state index contributed by atoms with van der Waals surface area (Å²) in [5.41, 5.74) is 26.4. The molecule has 20 rings (SSSR count). The zero-order valence-electron chi connectivity index (χ0n) is 64.6. The molecule has 0 saturated heterocycles. The second-order valence-electron chi connectivity index (χ2n) is 34.1. The van der Waals surface area contributed by atoms with Crippen molar-refractivity contribution in [3.63, 3.8) is 0 Å². The quantitative estimate of drug-likeness (QED) is 0.0449. The molecule has 13 aromatic rings. The number of aryl methyl sites for hydroxylation is 4. The molecule has 544 valence electrons. The Bertz CT molecular complexity index is 6450. The van der Waals surface area contributed by atoms with Crippen molar-refractivity contribution in [3.8, 4) is 33.8 Å². The number of allylic oxidation sites excluding steroid dienone is 8. The van der Waals surface area contributed by atoms with Crippen LogP contribution in [-0.4, -0.2) is 46.4 Å². The van der Waals surface area contributed by atoms with Crippen LogP contribution in [0.3, 0.4) is 0 Å². The minimum absolute atomic E-state index is 0.0615. The van der Waals surface area contributed by atoms with E-state index >= 15 is 19.2 Å². The average molecular weight is 1440 g/mol. The molecule has 4 amide bonds. The minimum atomic E-state index is -1.01. The molecule has 4 atom stereocenters. The summed E-state index contributed by atoms with van der Waals surface area (Å²) in [5.74, 6) is -0.694. The van der Waals surface area contributed by atoms with Crippen molar-refractivity contribution in [1.29, 1.82) is 0 Å². The van der Waals surface area contributed by atoms with Crippen LogP contribution < -0.4 is 19.3 Å². The van der Waals surface area contributed by atoms with Gasteiger partial charge in [0.15, 0.2) is 12.6 Å². The Balaban J connectivity index is 0.599. The highest BCUT2D eigenvalue weighted by Crippen LogP contribution is 2.64. The highest BCUT2D eigenvalue weighted by molar-refractivity contribution is 6.44. The second kappa shape index (κ2) is 24.1. The highest BCUT2D eigenvalue weighted by atomic mass is 16.6. The number of imide groups is 2. The van der Waals surface area contributed by atoms with Gasteiger partial charge in [0.25, 0.3) is 23.6 Å². The Morgan fingerprint density at radius 3 is 0.927 bits per heavy atom.